The number of carbonyl (C=O) groups excluding carboxylic acids is 1. The molecular weight excluding hydrogens is 281 g/mol. The fourth-order valence-electron chi connectivity index (χ4n) is 2.00. The third kappa shape index (κ3) is 2.28. The molecule has 0 aliphatic carbocycles. The normalized spacial score (nSPS) is 10.9. The van der Waals surface area contributed by atoms with Crippen LogP contribution in [0.5, 0.6) is 0 Å². The molecule has 3 aromatic rings. The SMILES string of the molecule is O=C(Cc1cc(Cl)ccc1F)c1cnn2ccncc12. The van der Waals surface area contributed by atoms with Gasteiger partial charge in [0.1, 0.15) is 5.82 Å². The van der Waals surface area contributed by atoms with E-state index in [-0.39, 0.29) is 17.8 Å². The molecule has 3 rings (SSSR count). The van der Waals surface area contributed by atoms with E-state index in [1.807, 2.05) is 0 Å². The van der Waals surface area contributed by atoms with Crippen molar-refractivity contribution in [3.8, 4) is 0 Å². The molecule has 0 radical (unpaired) electrons. The maximum atomic E-state index is 13.6. The van der Waals surface area contributed by atoms with Crippen LogP contribution in [-0.2, 0) is 6.42 Å². The van der Waals surface area contributed by atoms with Gasteiger partial charge in [-0.25, -0.2) is 8.91 Å². The lowest BCUT2D eigenvalue weighted by atomic mass is 10.0. The zero-order valence-corrected chi connectivity index (χ0v) is 11.0. The van der Waals surface area contributed by atoms with Gasteiger partial charge in [0.25, 0.3) is 0 Å². The predicted molar refractivity (Wildman–Crippen MR) is 72.4 cm³/mol. The number of hydrogen-bond donors (Lipinski definition) is 0. The summed E-state index contributed by atoms with van der Waals surface area (Å²) >= 11 is 5.82. The molecule has 0 fully saturated rings. The molecule has 4 nitrogen and oxygen atoms in total. The highest BCUT2D eigenvalue weighted by atomic mass is 35.5. The molecule has 0 aliphatic rings. The van der Waals surface area contributed by atoms with Crippen LogP contribution in [-0.4, -0.2) is 20.4 Å². The lowest BCUT2D eigenvalue weighted by Crippen LogP contribution is -2.05. The lowest BCUT2D eigenvalue weighted by molar-refractivity contribution is 0.0993. The van der Waals surface area contributed by atoms with Gasteiger partial charge < -0.3 is 0 Å². The number of Topliss-reactive ketones (excluding diaryl/α,β-unsaturated/α-hetero) is 1. The average Bonchev–Trinajstić information content (AvgIpc) is 2.87. The molecule has 0 bridgehead atoms. The highest BCUT2D eigenvalue weighted by Gasteiger charge is 2.15. The monoisotopic (exact) mass is 289 g/mol. The second-order valence-electron chi connectivity index (χ2n) is 4.30. The summed E-state index contributed by atoms with van der Waals surface area (Å²) in [6.07, 6.45) is 6.16. The standard InChI is InChI=1S/C14H9ClFN3O/c15-10-1-2-12(16)9(5-10)6-14(20)11-7-18-19-4-3-17-8-13(11)19/h1-5,7-8H,6H2. The summed E-state index contributed by atoms with van der Waals surface area (Å²) in [7, 11) is 0. The smallest absolute Gasteiger partial charge is 0.171 e. The summed E-state index contributed by atoms with van der Waals surface area (Å²) in [5.74, 6) is -0.675. The topological polar surface area (TPSA) is 47.3 Å². The van der Waals surface area contributed by atoms with Crippen molar-refractivity contribution in [3.05, 3.63) is 65.0 Å². The second-order valence-corrected chi connectivity index (χ2v) is 4.74. The molecule has 2 aromatic heterocycles. The molecule has 2 heterocycles. The van der Waals surface area contributed by atoms with Crippen molar-refractivity contribution in [2.75, 3.05) is 0 Å². The van der Waals surface area contributed by atoms with Gasteiger partial charge in [-0.15, -0.1) is 0 Å². The molecule has 0 unspecified atom stereocenters. The van der Waals surface area contributed by atoms with Crippen LogP contribution in [0.1, 0.15) is 15.9 Å². The van der Waals surface area contributed by atoms with E-state index in [2.05, 4.69) is 10.1 Å². The maximum Gasteiger partial charge on any atom is 0.171 e. The van der Waals surface area contributed by atoms with Crippen molar-refractivity contribution in [1.82, 2.24) is 14.6 Å². The van der Waals surface area contributed by atoms with E-state index in [9.17, 15) is 9.18 Å². The lowest BCUT2D eigenvalue weighted by Gasteiger charge is -2.02. The number of halogens is 2. The number of hydrogen-bond acceptors (Lipinski definition) is 3. The van der Waals surface area contributed by atoms with E-state index in [1.54, 1.807) is 23.1 Å². The van der Waals surface area contributed by atoms with Crippen LogP contribution in [0, 0.1) is 5.82 Å². The fourth-order valence-corrected chi connectivity index (χ4v) is 2.19. The van der Waals surface area contributed by atoms with E-state index in [0.717, 1.165) is 0 Å². The van der Waals surface area contributed by atoms with Crippen LogP contribution in [0.4, 0.5) is 4.39 Å². The van der Waals surface area contributed by atoms with Crippen LogP contribution in [0.2, 0.25) is 5.02 Å². The summed E-state index contributed by atoms with van der Waals surface area (Å²) in [5.41, 5.74) is 1.28. The number of aromatic nitrogens is 3. The highest BCUT2D eigenvalue weighted by Crippen LogP contribution is 2.18. The third-order valence-electron chi connectivity index (χ3n) is 2.98. The molecule has 0 spiro atoms. The van der Waals surface area contributed by atoms with Crippen LogP contribution < -0.4 is 0 Å². The number of ketones is 1. The second kappa shape index (κ2) is 5.02. The van der Waals surface area contributed by atoms with Crippen molar-refractivity contribution < 1.29 is 9.18 Å². The summed E-state index contributed by atoms with van der Waals surface area (Å²) in [4.78, 5) is 16.2. The first kappa shape index (κ1) is 12.7. The molecule has 0 atom stereocenters. The summed E-state index contributed by atoms with van der Waals surface area (Å²) < 4.78 is 15.2. The van der Waals surface area contributed by atoms with Crippen molar-refractivity contribution in [2.45, 2.75) is 6.42 Å². The summed E-state index contributed by atoms with van der Waals surface area (Å²) in [6.45, 7) is 0. The number of fused-ring (bicyclic) bond motifs is 1. The minimum absolute atomic E-state index is 0.0668. The molecule has 1 aromatic carbocycles. The van der Waals surface area contributed by atoms with Crippen molar-refractivity contribution >= 4 is 22.9 Å². The Morgan fingerprint density at radius 2 is 2.20 bits per heavy atom. The van der Waals surface area contributed by atoms with Gasteiger partial charge in [0.2, 0.25) is 0 Å². The highest BCUT2D eigenvalue weighted by molar-refractivity contribution is 6.30. The first-order valence-corrected chi connectivity index (χ1v) is 6.27. The van der Waals surface area contributed by atoms with Gasteiger partial charge in [0, 0.05) is 23.8 Å². The Hall–Kier alpha value is -2.27. The van der Waals surface area contributed by atoms with Crippen LogP contribution in [0.25, 0.3) is 5.52 Å². The molecule has 0 saturated heterocycles. The van der Waals surface area contributed by atoms with Crippen LogP contribution >= 0.6 is 11.6 Å². The minimum atomic E-state index is -0.447. The average molecular weight is 290 g/mol. The predicted octanol–water partition coefficient (Wildman–Crippen LogP) is 2.95. The Morgan fingerprint density at radius 1 is 1.35 bits per heavy atom. The molecule has 0 N–H and O–H groups in total. The van der Waals surface area contributed by atoms with Gasteiger partial charge in [-0.3, -0.25) is 9.78 Å². The Balaban J connectivity index is 1.95. The molecular formula is C14H9ClFN3O. The van der Waals surface area contributed by atoms with Gasteiger partial charge in [-0.1, -0.05) is 11.6 Å². The summed E-state index contributed by atoms with van der Waals surface area (Å²) in [5, 5.41) is 4.46. The Labute approximate surface area is 118 Å². The van der Waals surface area contributed by atoms with Crippen LogP contribution in [0.3, 0.4) is 0 Å². The Bertz CT molecular complexity index is 800. The van der Waals surface area contributed by atoms with Gasteiger partial charge >= 0.3 is 0 Å². The van der Waals surface area contributed by atoms with Crippen LogP contribution in [0.15, 0.2) is 43.0 Å². The van der Waals surface area contributed by atoms with Crippen molar-refractivity contribution in [3.63, 3.8) is 0 Å². The van der Waals surface area contributed by atoms with Gasteiger partial charge in [0.05, 0.1) is 23.5 Å². The molecule has 6 heteroatoms. The molecule has 100 valence electrons. The molecule has 20 heavy (non-hydrogen) atoms. The molecule has 0 amide bonds. The number of rotatable bonds is 3. The third-order valence-corrected chi connectivity index (χ3v) is 3.22. The van der Waals surface area contributed by atoms with E-state index < -0.39 is 5.82 Å². The number of nitrogens with zero attached hydrogens (tertiary/aromatic N) is 3. The largest absolute Gasteiger partial charge is 0.294 e. The van der Waals surface area contributed by atoms with E-state index in [0.29, 0.717) is 16.1 Å². The minimum Gasteiger partial charge on any atom is -0.294 e. The van der Waals surface area contributed by atoms with Gasteiger partial charge in [-0.05, 0) is 23.8 Å². The van der Waals surface area contributed by atoms with E-state index in [1.165, 1.54) is 24.4 Å². The van der Waals surface area contributed by atoms with Crippen molar-refractivity contribution in [1.29, 1.82) is 0 Å². The zero-order valence-electron chi connectivity index (χ0n) is 10.3. The Morgan fingerprint density at radius 3 is 3.05 bits per heavy atom. The molecule has 0 aliphatic heterocycles. The fraction of sp³-hybridized carbons (Fsp3) is 0.0714. The van der Waals surface area contributed by atoms with Crippen molar-refractivity contribution in [2.24, 2.45) is 0 Å². The zero-order chi connectivity index (χ0) is 14.1. The number of carbonyl (C=O) groups is 1. The number of benzene rings is 1. The maximum absolute atomic E-state index is 13.6. The quantitative estimate of drug-likeness (QED) is 0.697. The van der Waals surface area contributed by atoms with Gasteiger partial charge in [0.15, 0.2) is 5.78 Å². The first-order chi connectivity index (χ1) is 9.65. The van der Waals surface area contributed by atoms with Gasteiger partial charge in [-0.2, -0.15) is 5.10 Å². The Kier molecular flexibility index (Phi) is 3.20. The molecule has 0 saturated carbocycles. The summed E-state index contributed by atoms with van der Waals surface area (Å²) in [6, 6.07) is 4.16. The van der Waals surface area contributed by atoms with E-state index in [4.69, 9.17) is 11.6 Å². The first-order valence-electron chi connectivity index (χ1n) is 5.89. The van der Waals surface area contributed by atoms with E-state index >= 15 is 0 Å².